The fourth-order valence-electron chi connectivity index (χ4n) is 8.44. The third-order valence-electron chi connectivity index (χ3n) is 10.9. The van der Waals surface area contributed by atoms with Crippen LogP contribution >= 0.6 is 11.3 Å². The van der Waals surface area contributed by atoms with Gasteiger partial charge in [0, 0.05) is 58.1 Å². The summed E-state index contributed by atoms with van der Waals surface area (Å²) in [7, 11) is 0. The van der Waals surface area contributed by atoms with E-state index in [1.165, 1.54) is 0 Å². The summed E-state index contributed by atoms with van der Waals surface area (Å²) in [4.78, 5) is 15.0. The smallest absolute Gasteiger partial charge is 0.240 e. The van der Waals surface area contributed by atoms with Gasteiger partial charge in [0.15, 0.2) is 5.82 Å². The number of rotatable bonds is 4. The molecule has 0 unspecified atom stereocenters. The molecule has 5 heterocycles. The second kappa shape index (κ2) is 12.4. The Morgan fingerprint density at radius 3 is 1.80 bits per heavy atom. The van der Waals surface area contributed by atoms with Crippen molar-refractivity contribution in [1.82, 2.24) is 28.7 Å². The molecule has 7 nitrogen and oxygen atoms in total. The highest BCUT2D eigenvalue weighted by Crippen LogP contribution is 2.44. The molecule has 0 amide bonds. The molecule has 60 heavy (non-hydrogen) atoms. The molecule has 13 aromatic rings. The van der Waals surface area contributed by atoms with Crippen molar-refractivity contribution in [3.8, 4) is 35.0 Å². The lowest BCUT2D eigenvalue weighted by atomic mass is 10.1. The SMILES string of the molecule is [2H]c1c([2H])c([2H])c2c(c1[2H])c1c([2H])c([2H])c([2H])c([2H])c1n2-c1nc(-c2ccccc2-n2c3ccccc3c3ccc4sc5ccccc5c4c32)nc(-n2c3c([2H])c([2H])c([2H])c([2H])c3c3c([2H])c(C#N)c([2H])c([2H])c32)n1. The van der Waals surface area contributed by atoms with E-state index in [1.54, 1.807) is 29.5 Å². The second-order valence-electron chi connectivity index (χ2n) is 14.0. The highest BCUT2D eigenvalue weighted by molar-refractivity contribution is 7.26. The molecular weight excluding hydrogens is 755 g/mol. The molecule has 0 aliphatic heterocycles. The minimum absolute atomic E-state index is 0.163. The first kappa shape index (κ1) is 21.6. The van der Waals surface area contributed by atoms with Crippen molar-refractivity contribution in [3.05, 3.63) is 181 Å². The summed E-state index contributed by atoms with van der Waals surface area (Å²) in [6, 6.07) is 19.1. The van der Waals surface area contributed by atoms with Gasteiger partial charge >= 0.3 is 0 Å². The molecule has 0 fully saturated rings. The van der Waals surface area contributed by atoms with Crippen molar-refractivity contribution in [2.45, 2.75) is 0 Å². The number of nitriles is 1. The number of benzene rings is 8. The fourth-order valence-corrected chi connectivity index (χ4v) is 9.55. The fraction of sp³-hybridized carbons (Fsp3) is 0. The maximum Gasteiger partial charge on any atom is 0.240 e. The van der Waals surface area contributed by atoms with Gasteiger partial charge in [-0.25, -0.2) is 0 Å². The summed E-state index contributed by atoms with van der Waals surface area (Å²) in [5.74, 6) is -1.14. The zero-order chi connectivity index (χ0) is 52.5. The van der Waals surface area contributed by atoms with Crippen molar-refractivity contribution in [2.24, 2.45) is 0 Å². The normalized spacial score (nSPS) is 15.5. The van der Waals surface area contributed by atoms with E-state index in [4.69, 9.17) is 28.7 Å². The van der Waals surface area contributed by atoms with Crippen molar-refractivity contribution in [3.63, 3.8) is 0 Å². The summed E-state index contributed by atoms with van der Waals surface area (Å²) in [6.45, 7) is 0. The topological polar surface area (TPSA) is 77.2 Å². The van der Waals surface area contributed by atoms with Gasteiger partial charge in [-0.3, -0.25) is 9.13 Å². The quantitative estimate of drug-likeness (QED) is 0.178. The van der Waals surface area contributed by atoms with E-state index in [2.05, 4.69) is 28.8 Å². The van der Waals surface area contributed by atoms with Crippen LogP contribution in [0.15, 0.2) is 176 Å². The molecule has 0 radical (unpaired) electrons. The van der Waals surface area contributed by atoms with Gasteiger partial charge in [0.05, 0.1) is 71.0 Å². The number of aromatic nitrogens is 6. The second-order valence-corrected chi connectivity index (χ2v) is 15.1. The summed E-state index contributed by atoms with van der Waals surface area (Å²) in [5.41, 5.74) is 0.588. The van der Waals surface area contributed by atoms with Crippen LogP contribution in [0.2, 0.25) is 0 Å². The van der Waals surface area contributed by atoms with E-state index in [9.17, 15) is 12.1 Å². The molecule has 0 atom stereocenters. The molecule has 13 rings (SSSR count). The molecule has 8 heteroatoms. The van der Waals surface area contributed by atoms with Crippen molar-refractivity contribution >= 4 is 96.9 Å². The van der Waals surface area contributed by atoms with E-state index < -0.39 is 108 Å². The van der Waals surface area contributed by atoms with Crippen LogP contribution < -0.4 is 0 Å². The summed E-state index contributed by atoms with van der Waals surface area (Å²) in [5, 5.41) is 12.9. The minimum atomic E-state index is -0.714. The van der Waals surface area contributed by atoms with E-state index >= 15 is 0 Å². The van der Waals surface area contributed by atoms with Crippen LogP contribution in [0.1, 0.15) is 26.1 Å². The number of hydrogen-bond acceptors (Lipinski definition) is 5. The molecular formula is C52H29N7S. The lowest BCUT2D eigenvalue weighted by Crippen LogP contribution is -2.11. The highest BCUT2D eigenvalue weighted by Gasteiger charge is 2.24. The average Bonchev–Trinajstić information content (AvgIpc) is 4.23. The Kier molecular flexibility index (Phi) is 4.48. The van der Waals surface area contributed by atoms with Crippen LogP contribution in [0.4, 0.5) is 0 Å². The minimum Gasteiger partial charge on any atom is -0.308 e. The van der Waals surface area contributed by atoms with Crippen molar-refractivity contribution < 1.29 is 20.6 Å². The Balaban J connectivity index is 1.26. The predicted octanol–water partition coefficient (Wildman–Crippen LogP) is 13.1. The van der Waals surface area contributed by atoms with Crippen LogP contribution in [-0.2, 0) is 0 Å². The van der Waals surface area contributed by atoms with Crippen molar-refractivity contribution in [1.29, 1.82) is 5.26 Å². The molecule has 0 saturated heterocycles. The van der Waals surface area contributed by atoms with Gasteiger partial charge in [0.2, 0.25) is 11.9 Å². The molecule has 8 aromatic carbocycles. The third kappa shape index (κ3) is 4.55. The van der Waals surface area contributed by atoms with E-state index in [-0.39, 0.29) is 49.4 Å². The third-order valence-corrected chi connectivity index (χ3v) is 12.0. The molecule has 0 aliphatic carbocycles. The molecule has 0 bridgehead atoms. The standard InChI is InChI=1S/C52H29N7S/c53-30-31-25-27-45-39(29-31)35-16-4-10-22-43(35)59(45)52-55-50(54-51(56-52)58-41-20-8-1-13-32(41)33-14-2-9-21-42(33)58)37-17-5-11-23-44(37)57-40-19-7-3-15-34(40)36-26-28-47-48(49(36)57)38-18-6-12-24-46(38)60-47/h1-29H/i1D,2D,4D,8D,9D,10D,13D,14D,16D,20D,21D,22D,25D,27D,29D. The molecule has 0 saturated carbocycles. The predicted molar refractivity (Wildman–Crippen MR) is 246 cm³/mol. The van der Waals surface area contributed by atoms with E-state index in [1.807, 2.05) is 48.5 Å². The van der Waals surface area contributed by atoms with Gasteiger partial charge < -0.3 is 4.57 Å². The van der Waals surface area contributed by atoms with Gasteiger partial charge in [-0.2, -0.15) is 20.2 Å². The monoisotopic (exact) mass is 798 g/mol. The van der Waals surface area contributed by atoms with Gasteiger partial charge in [0.1, 0.15) is 0 Å². The Hall–Kier alpha value is -8.12. The first-order valence-electron chi connectivity index (χ1n) is 26.1. The Labute approximate surface area is 367 Å². The Morgan fingerprint density at radius 2 is 1.08 bits per heavy atom. The van der Waals surface area contributed by atoms with Crippen LogP contribution in [-0.4, -0.2) is 28.7 Å². The lowest BCUT2D eigenvalue weighted by molar-refractivity contribution is 0.892. The number of fused-ring (bicyclic) bond motifs is 13. The summed E-state index contributed by atoms with van der Waals surface area (Å²) < 4.78 is 142. The molecule has 278 valence electrons. The first-order chi connectivity index (χ1) is 36.0. The van der Waals surface area contributed by atoms with Gasteiger partial charge in [0.25, 0.3) is 0 Å². The number of nitrogens with zero attached hydrogens (tertiary/aromatic N) is 7. The van der Waals surface area contributed by atoms with E-state index in [0.717, 1.165) is 51.1 Å². The number of thiophene rings is 1. The molecule has 0 spiro atoms. The zero-order valence-corrected chi connectivity index (χ0v) is 31.4. The lowest BCUT2D eigenvalue weighted by Gasteiger charge is -2.16. The number of hydrogen-bond donors (Lipinski definition) is 0. The van der Waals surface area contributed by atoms with E-state index in [0.29, 0.717) is 11.3 Å². The Morgan fingerprint density at radius 1 is 0.483 bits per heavy atom. The Bertz CT molecular complexity index is 4800. The highest BCUT2D eigenvalue weighted by atomic mass is 32.1. The maximum absolute atomic E-state index is 10.2. The van der Waals surface area contributed by atoms with Crippen molar-refractivity contribution in [2.75, 3.05) is 0 Å². The van der Waals surface area contributed by atoms with Gasteiger partial charge in [-0.15, -0.1) is 11.3 Å². The molecule has 0 N–H and O–H groups in total. The molecule has 5 aromatic heterocycles. The van der Waals surface area contributed by atoms with Crippen LogP contribution in [0.25, 0.3) is 115 Å². The van der Waals surface area contributed by atoms with Gasteiger partial charge in [-0.05, 0) is 66.6 Å². The van der Waals surface area contributed by atoms with Gasteiger partial charge in [-0.1, -0.05) is 109 Å². The summed E-state index contributed by atoms with van der Waals surface area (Å²) in [6.07, 6.45) is 0. The summed E-state index contributed by atoms with van der Waals surface area (Å²) >= 11 is 1.64. The van der Waals surface area contributed by atoms with Crippen LogP contribution in [0.5, 0.6) is 0 Å². The zero-order valence-electron chi connectivity index (χ0n) is 45.6. The van der Waals surface area contributed by atoms with Crippen LogP contribution in [0.3, 0.4) is 0 Å². The van der Waals surface area contributed by atoms with Crippen LogP contribution in [0, 0.1) is 11.3 Å². The molecule has 0 aliphatic rings. The number of para-hydroxylation sites is 5. The maximum atomic E-state index is 10.2. The largest absolute Gasteiger partial charge is 0.308 e. The first-order valence-corrected chi connectivity index (χ1v) is 19.4. The average molecular weight is 799 g/mol.